The van der Waals surface area contributed by atoms with Crippen molar-refractivity contribution in [3.05, 3.63) is 40.2 Å². The summed E-state index contributed by atoms with van der Waals surface area (Å²) in [6.07, 6.45) is 2.17. The van der Waals surface area contributed by atoms with E-state index in [1.807, 2.05) is 0 Å². The van der Waals surface area contributed by atoms with Crippen molar-refractivity contribution in [2.75, 3.05) is 0 Å². The minimum absolute atomic E-state index is 0.0532. The molecule has 0 radical (unpaired) electrons. The number of rotatable bonds is 2. The normalized spacial score (nSPS) is 10.8. The molecular weight excluding hydrogens is 207 g/mol. The van der Waals surface area contributed by atoms with Crippen molar-refractivity contribution in [1.82, 2.24) is 0 Å². The van der Waals surface area contributed by atoms with Crippen molar-refractivity contribution in [3.8, 4) is 0 Å². The van der Waals surface area contributed by atoms with Crippen molar-refractivity contribution < 1.29 is 14.3 Å². The Morgan fingerprint density at radius 2 is 2.21 bits per heavy atom. The maximum Gasteiger partial charge on any atom is 0.328 e. The molecule has 0 amide bonds. The summed E-state index contributed by atoms with van der Waals surface area (Å²) in [7, 11) is 0. The zero-order valence-corrected chi connectivity index (χ0v) is 8.18. The average Bonchev–Trinajstić information content (AvgIpc) is 2.13. The van der Waals surface area contributed by atoms with Crippen molar-refractivity contribution in [1.29, 1.82) is 0 Å². The monoisotopic (exact) mass is 214 g/mol. The Hall–Kier alpha value is -1.35. The van der Waals surface area contributed by atoms with Gasteiger partial charge in [-0.3, -0.25) is 0 Å². The first-order chi connectivity index (χ1) is 6.52. The predicted molar refractivity (Wildman–Crippen MR) is 52.8 cm³/mol. The zero-order valence-electron chi connectivity index (χ0n) is 7.42. The summed E-state index contributed by atoms with van der Waals surface area (Å²) >= 11 is 5.66. The number of aliphatic carboxylic acids is 1. The van der Waals surface area contributed by atoms with Crippen LogP contribution in [0.15, 0.2) is 18.2 Å². The van der Waals surface area contributed by atoms with Crippen LogP contribution >= 0.6 is 11.6 Å². The highest BCUT2D eigenvalue weighted by atomic mass is 35.5. The van der Waals surface area contributed by atoms with Gasteiger partial charge in [-0.05, 0) is 24.1 Å². The minimum atomic E-state index is -1.10. The van der Waals surface area contributed by atoms with E-state index in [1.165, 1.54) is 6.08 Å². The first kappa shape index (κ1) is 10.7. The van der Waals surface area contributed by atoms with Gasteiger partial charge in [0.15, 0.2) is 0 Å². The van der Waals surface area contributed by atoms with Crippen LogP contribution in [-0.4, -0.2) is 11.1 Å². The summed E-state index contributed by atoms with van der Waals surface area (Å²) in [6.45, 7) is 1.59. The predicted octanol–water partition coefficient (Wildman–Crippen LogP) is 2.89. The number of halogens is 2. The third-order valence-electron chi connectivity index (χ3n) is 1.71. The van der Waals surface area contributed by atoms with E-state index in [0.29, 0.717) is 11.1 Å². The van der Waals surface area contributed by atoms with E-state index in [9.17, 15) is 9.18 Å². The van der Waals surface area contributed by atoms with Gasteiger partial charge in [0.2, 0.25) is 0 Å². The lowest BCUT2D eigenvalue weighted by molar-refractivity contribution is -0.131. The van der Waals surface area contributed by atoms with Crippen LogP contribution < -0.4 is 0 Å². The Bertz CT molecular complexity index is 399. The lowest BCUT2D eigenvalue weighted by Gasteiger charge is -2.01. The summed E-state index contributed by atoms with van der Waals surface area (Å²) in [4.78, 5) is 10.2. The first-order valence-electron chi connectivity index (χ1n) is 3.88. The van der Waals surface area contributed by atoms with Gasteiger partial charge in [-0.1, -0.05) is 23.7 Å². The molecule has 0 fully saturated rings. The van der Waals surface area contributed by atoms with E-state index in [1.54, 1.807) is 19.1 Å². The molecular formula is C10H8ClFO2. The SMILES string of the molecule is Cc1ccc(/C=C/C(=O)O)c(Cl)c1F. The average molecular weight is 215 g/mol. The van der Waals surface area contributed by atoms with Crippen LogP contribution in [-0.2, 0) is 4.79 Å². The number of hydrogen-bond donors (Lipinski definition) is 1. The fourth-order valence-electron chi connectivity index (χ4n) is 0.951. The lowest BCUT2D eigenvalue weighted by Crippen LogP contribution is -1.89. The molecule has 0 aliphatic rings. The Kier molecular flexibility index (Phi) is 3.25. The number of carboxylic acids is 1. The number of carboxylic acid groups (broad SMARTS) is 1. The van der Waals surface area contributed by atoms with E-state index >= 15 is 0 Å². The second-order valence-corrected chi connectivity index (χ2v) is 3.15. The molecule has 74 valence electrons. The summed E-state index contributed by atoms with van der Waals surface area (Å²) in [5.41, 5.74) is 0.791. The summed E-state index contributed by atoms with van der Waals surface area (Å²) < 4.78 is 13.2. The molecule has 0 atom stereocenters. The Morgan fingerprint density at radius 3 is 2.79 bits per heavy atom. The highest BCUT2D eigenvalue weighted by Gasteiger charge is 2.06. The molecule has 0 unspecified atom stereocenters. The molecule has 0 saturated carbocycles. The lowest BCUT2D eigenvalue weighted by atomic mass is 10.1. The maximum atomic E-state index is 13.2. The minimum Gasteiger partial charge on any atom is -0.478 e. The molecule has 1 aromatic rings. The first-order valence-corrected chi connectivity index (χ1v) is 4.26. The van der Waals surface area contributed by atoms with Crippen LogP contribution in [0.2, 0.25) is 5.02 Å². The second kappa shape index (κ2) is 4.24. The molecule has 1 aromatic carbocycles. The van der Waals surface area contributed by atoms with Gasteiger partial charge in [0, 0.05) is 6.08 Å². The van der Waals surface area contributed by atoms with Gasteiger partial charge in [0.25, 0.3) is 0 Å². The maximum absolute atomic E-state index is 13.2. The van der Waals surface area contributed by atoms with Crippen LogP contribution in [0.3, 0.4) is 0 Å². The fraction of sp³-hybridized carbons (Fsp3) is 0.100. The Labute approximate surface area is 85.6 Å². The molecule has 2 nitrogen and oxygen atoms in total. The van der Waals surface area contributed by atoms with Gasteiger partial charge in [0.1, 0.15) is 5.82 Å². The van der Waals surface area contributed by atoms with Crippen molar-refractivity contribution in [2.45, 2.75) is 6.92 Å². The van der Waals surface area contributed by atoms with Crippen LogP contribution in [0.4, 0.5) is 4.39 Å². The highest BCUT2D eigenvalue weighted by molar-refractivity contribution is 6.32. The molecule has 14 heavy (non-hydrogen) atoms. The summed E-state index contributed by atoms with van der Waals surface area (Å²) in [5.74, 6) is -1.61. The smallest absolute Gasteiger partial charge is 0.328 e. The molecule has 0 aliphatic carbocycles. The van der Waals surface area contributed by atoms with Crippen molar-refractivity contribution >= 4 is 23.6 Å². The topological polar surface area (TPSA) is 37.3 Å². The number of hydrogen-bond acceptors (Lipinski definition) is 1. The van der Waals surface area contributed by atoms with E-state index in [0.717, 1.165) is 6.08 Å². The third-order valence-corrected chi connectivity index (χ3v) is 2.09. The van der Waals surface area contributed by atoms with Crippen molar-refractivity contribution in [3.63, 3.8) is 0 Å². The number of benzene rings is 1. The van der Waals surface area contributed by atoms with Gasteiger partial charge < -0.3 is 5.11 Å². The van der Waals surface area contributed by atoms with Gasteiger partial charge in [-0.2, -0.15) is 0 Å². The fourth-order valence-corrected chi connectivity index (χ4v) is 1.23. The van der Waals surface area contributed by atoms with Crippen LogP contribution in [0.5, 0.6) is 0 Å². The molecule has 0 aromatic heterocycles. The summed E-state index contributed by atoms with van der Waals surface area (Å²) in [5, 5.41) is 8.31. The molecule has 0 bridgehead atoms. The quantitative estimate of drug-likeness (QED) is 0.769. The summed E-state index contributed by atoms with van der Waals surface area (Å²) in [6, 6.07) is 3.11. The van der Waals surface area contributed by atoms with Crippen molar-refractivity contribution in [2.24, 2.45) is 0 Å². The van der Waals surface area contributed by atoms with Gasteiger partial charge in [0.05, 0.1) is 5.02 Å². The van der Waals surface area contributed by atoms with E-state index in [-0.39, 0.29) is 5.02 Å². The molecule has 4 heteroatoms. The molecule has 0 saturated heterocycles. The standard InChI is InChI=1S/C10H8ClFO2/c1-6-2-3-7(4-5-8(13)14)9(11)10(6)12/h2-5H,1H3,(H,13,14)/b5-4+. The number of aryl methyl sites for hydroxylation is 1. The second-order valence-electron chi connectivity index (χ2n) is 2.77. The Balaban J connectivity index is 3.12. The van der Waals surface area contributed by atoms with E-state index < -0.39 is 11.8 Å². The van der Waals surface area contributed by atoms with E-state index in [2.05, 4.69) is 0 Å². The number of carbonyl (C=O) groups is 1. The molecule has 1 rings (SSSR count). The van der Waals surface area contributed by atoms with Crippen LogP contribution in [0.25, 0.3) is 6.08 Å². The highest BCUT2D eigenvalue weighted by Crippen LogP contribution is 2.23. The van der Waals surface area contributed by atoms with Gasteiger partial charge in [-0.15, -0.1) is 0 Å². The zero-order chi connectivity index (χ0) is 10.7. The molecule has 0 spiro atoms. The molecule has 1 N–H and O–H groups in total. The third kappa shape index (κ3) is 2.33. The van der Waals surface area contributed by atoms with Crippen LogP contribution in [0, 0.1) is 12.7 Å². The molecule has 0 aliphatic heterocycles. The van der Waals surface area contributed by atoms with E-state index in [4.69, 9.17) is 16.7 Å². The van der Waals surface area contributed by atoms with Gasteiger partial charge >= 0.3 is 5.97 Å². The van der Waals surface area contributed by atoms with Gasteiger partial charge in [-0.25, -0.2) is 9.18 Å². The molecule has 0 heterocycles. The largest absolute Gasteiger partial charge is 0.478 e. The van der Waals surface area contributed by atoms with Crippen LogP contribution in [0.1, 0.15) is 11.1 Å². The Morgan fingerprint density at radius 1 is 1.57 bits per heavy atom.